The van der Waals surface area contributed by atoms with Gasteiger partial charge >= 0.3 is 0 Å². The molecule has 1 atom stereocenters. The minimum atomic E-state index is -0.559. The predicted molar refractivity (Wildman–Crippen MR) is 130 cm³/mol. The van der Waals surface area contributed by atoms with Crippen LogP contribution in [0.5, 0.6) is 11.5 Å². The number of carbonyl (C=O) groups is 2. The Labute approximate surface area is 201 Å². The van der Waals surface area contributed by atoms with Crippen LogP contribution in [0.3, 0.4) is 0 Å². The Morgan fingerprint density at radius 1 is 1.06 bits per heavy atom. The fourth-order valence-electron chi connectivity index (χ4n) is 3.99. The highest BCUT2D eigenvalue weighted by Gasteiger charge is 2.28. The van der Waals surface area contributed by atoms with Crippen molar-refractivity contribution < 1.29 is 19.1 Å². The maximum Gasteiger partial charge on any atom is 0.242 e. The molecular weight excluding hydrogens is 440 g/mol. The highest BCUT2D eigenvalue weighted by atomic mass is 35.5. The number of ether oxygens (including phenoxy) is 2. The predicted octanol–water partition coefficient (Wildman–Crippen LogP) is 4.98. The molecule has 1 saturated carbocycles. The average Bonchev–Trinajstić information content (AvgIpc) is 3.34. The van der Waals surface area contributed by atoms with E-state index in [0.717, 1.165) is 42.7 Å². The van der Waals surface area contributed by atoms with Gasteiger partial charge in [-0.25, -0.2) is 0 Å². The number of nitrogens with one attached hydrogen (secondary N) is 1. The van der Waals surface area contributed by atoms with Gasteiger partial charge in [-0.15, -0.1) is 0 Å². The van der Waals surface area contributed by atoms with Crippen LogP contribution in [0.1, 0.15) is 51.0 Å². The third kappa shape index (κ3) is 7.67. The van der Waals surface area contributed by atoms with E-state index in [0.29, 0.717) is 31.0 Å². The van der Waals surface area contributed by atoms with E-state index in [1.54, 1.807) is 31.1 Å². The number of carbonyl (C=O) groups excluding carboxylic acids is 2. The first kappa shape index (κ1) is 24.9. The van der Waals surface area contributed by atoms with Crippen LogP contribution in [0.15, 0.2) is 48.5 Å². The Morgan fingerprint density at radius 3 is 2.33 bits per heavy atom. The van der Waals surface area contributed by atoms with Gasteiger partial charge < -0.3 is 19.7 Å². The van der Waals surface area contributed by atoms with E-state index in [1.165, 1.54) is 0 Å². The Bertz CT molecular complexity index is 896. The van der Waals surface area contributed by atoms with Crippen molar-refractivity contribution in [2.75, 3.05) is 13.7 Å². The fourth-order valence-corrected chi connectivity index (χ4v) is 4.12. The number of hydrogen-bond donors (Lipinski definition) is 1. The molecule has 2 amide bonds. The number of nitrogens with zero attached hydrogens (tertiary/aromatic N) is 1. The summed E-state index contributed by atoms with van der Waals surface area (Å²) < 4.78 is 10.9. The lowest BCUT2D eigenvalue weighted by Crippen LogP contribution is -2.49. The summed E-state index contributed by atoms with van der Waals surface area (Å²) in [5, 5.41) is 3.76. The van der Waals surface area contributed by atoms with Gasteiger partial charge in [0.1, 0.15) is 17.5 Å². The molecule has 0 bridgehead atoms. The highest BCUT2D eigenvalue weighted by molar-refractivity contribution is 6.30. The molecule has 0 unspecified atom stereocenters. The van der Waals surface area contributed by atoms with Gasteiger partial charge in [-0.2, -0.15) is 0 Å². The Hall–Kier alpha value is -2.73. The van der Waals surface area contributed by atoms with Crippen molar-refractivity contribution in [1.29, 1.82) is 0 Å². The van der Waals surface area contributed by atoms with Crippen molar-refractivity contribution in [3.05, 3.63) is 59.1 Å². The summed E-state index contributed by atoms with van der Waals surface area (Å²) in [7, 11) is 1.62. The maximum absolute atomic E-state index is 13.1. The first-order valence-electron chi connectivity index (χ1n) is 11.6. The van der Waals surface area contributed by atoms with Gasteiger partial charge in [0.2, 0.25) is 11.8 Å². The van der Waals surface area contributed by atoms with Crippen LogP contribution in [0, 0.1) is 0 Å². The Kier molecular flexibility index (Phi) is 9.43. The zero-order valence-corrected chi connectivity index (χ0v) is 20.1. The lowest BCUT2D eigenvalue weighted by Gasteiger charge is -2.30. The van der Waals surface area contributed by atoms with Crippen molar-refractivity contribution in [3.8, 4) is 11.5 Å². The number of hydrogen-bond acceptors (Lipinski definition) is 4. The van der Waals surface area contributed by atoms with Gasteiger partial charge in [0.15, 0.2) is 0 Å². The van der Waals surface area contributed by atoms with Gasteiger partial charge in [0, 0.05) is 24.0 Å². The molecular formula is C26H33ClN2O4. The number of rotatable bonds is 11. The standard InChI is InChI=1S/C26H33ClN2O4/c1-19(26(31)28-22-6-3-4-7-22)29(18-20-9-11-21(27)12-10-20)25(30)8-5-17-33-24-15-13-23(32-2)14-16-24/h9-16,19,22H,3-8,17-18H2,1-2H3,(H,28,31)/t19-/m1/s1. The molecule has 1 fully saturated rings. The molecule has 178 valence electrons. The summed E-state index contributed by atoms with van der Waals surface area (Å²) >= 11 is 6.01. The lowest BCUT2D eigenvalue weighted by atomic mass is 10.1. The average molecular weight is 473 g/mol. The van der Waals surface area contributed by atoms with E-state index >= 15 is 0 Å². The number of amides is 2. The summed E-state index contributed by atoms with van der Waals surface area (Å²) in [5.41, 5.74) is 0.933. The van der Waals surface area contributed by atoms with E-state index in [-0.39, 0.29) is 17.9 Å². The summed E-state index contributed by atoms with van der Waals surface area (Å²) in [6, 6.07) is 14.4. The molecule has 7 heteroatoms. The minimum absolute atomic E-state index is 0.0719. The minimum Gasteiger partial charge on any atom is -0.497 e. The third-order valence-corrected chi connectivity index (χ3v) is 6.25. The molecule has 1 aliphatic carbocycles. The second-order valence-electron chi connectivity index (χ2n) is 8.44. The zero-order valence-electron chi connectivity index (χ0n) is 19.4. The Morgan fingerprint density at radius 2 is 1.70 bits per heavy atom. The van der Waals surface area contributed by atoms with E-state index in [9.17, 15) is 9.59 Å². The first-order chi connectivity index (χ1) is 16.0. The second-order valence-corrected chi connectivity index (χ2v) is 8.88. The summed E-state index contributed by atoms with van der Waals surface area (Å²) in [4.78, 5) is 27.7. The van der Waals surface area contributed by atoms with Crippen LogP contribution in [-0.2, 0) is 16.1 Å². The van der Waals surface area contributed by atoms with Crippen LogP contribution < -0.4 is 14.8 Å². The van der Waals surface area contributed by atoms with E-state index in [2.05, 4.69) is 5.32 Å². The van der Waals surface area contributed by atoms with Crippen LogP contribution in [0.25, 0.3) is 0 Å². The molecule has 0 radical (unpaired) electrons. The molecule has 2 aromatic carbocycles. The maximum atomic E-state index is 13.1. The SMILES string of the molecule is COc1ccc(OCCCC(=O)N(Cc2ccc(Cl)cc2)[C@H](C)C(=O)NC2CCCC2)cc1. The van der Waals surface area contributed by atoms with Crippen LogP contribution in [0.4, 0.5) is 0 Å². The fraction of sp³-hybridized carbons (Fsp3) is 0.462. The topological polar surface area (TPSA) is 67.9 Å². The number of halogens is 1. The lowest BCUT2D eigenvalue weighted by molar-refractivity contribution is -0.141. The van der Waals surface area contributed by atoms with E-state index < -0.39 is 6.04 Å². The van der Waals surface area contributed by atoms with Crippen molar-refractivity contribution in [2.45, 2.75) is 64.1 Å². The van der Waals surface area contributed by atoms with Crippen molar-refractivity contribution in [1.82, 2.24) is 10.2 Å². The van der Waals surface area contributed by atoms with Gasteiger partial charge in [-0.1, -0.05) is 36.6 Å². The normalized spacial score (nSPS) is 14.5. The van der Waals surface area contributed by atoms with Gasteiger partial charge in [0.25, 0.3) is 0 Å². The molecule has 0 aliphatic heterocycles. The molecule has 6 nitrogen and oxygen atoms in total. The summed E-state index contributed by atoms with van der Waals surface area (Å²) in [5.74, 6) is 1.32. The molecule has 0 spiro atoms. The monoisotopic (exact) mass is 472 g/mol. The molecule has 1 aliphatic rings. The van der Waals surface area contributed by atoms with Crippen molar-refractivity contribution in [3.63, 3.8) is 0 Å². The second kappa shape index (κ2) is 12.5. The van der Waals surface area contributed by atoms with Crippen LogP contribution in [-0.4, -0.2) is 42.5 Å². The zero-order chi connectivity index (χ0) is 23.6. The van der Waals surface area contributed by atoms with E-state index in [4.69, 9.17) is 21.1 Å². The molecule has 1 N–H and O–H groups in total. The Balaban J connectivity index is 1.57. The molecule has 0 heterocycles. The molecule has 0 saturated heterocycles. The largest absolute Gasteiger partial charge is 0.497 e. The molecule has 0 aromatic heterocycles. The molecule has 3 rings (SSSR count). The third-order valence-electron chi connectivity index (χ3n) is 6.00. The number of methoxy groups -OCH3 is 1. The van der Waals surface area contributed by atoms with Crippen molar-refractivity contribution >= 4 is 23.4 Å². The van der Waals surface area contributed by atoms with Crippen molar-refractivity contribution in [2.24, 2.45) is 0 Å². The smallest absolute Gasteiger partial charge is 0.242 e. The van der Waals surface area contributed by atoms with Gasteiger partial charge in [-0.3, -0.25) is 9.59 Å². The molecule has 33 heavy (non-hydrogen) atoms. The highest BCUT2D eigenvalue weighted by Crippen LogP contribution is 2.20. The first-order valence-corrected chi connectivity index (χ1v) is 11.9. The van der Waals surface area contributed by atoms with E-state index in [1.807, 2.05) is 36.4 Å². The summed E-state index contributed by atoms with van der Waals surface area (Å²) in [6.07, 6.45) is 5.14. The quantitative estimate of drug-likeness (QED) is 0.468. The van der Waals surface area contributed by atoms with Crippen LogP contribution in [0.2, 0.25) is 5.02 Å². The van der Waals surface area contributed by atoms with Gasteiger partial charge in [0.05, 0.1) is 13.7 Å². The van der Waals surface area contributed by atoms with Crippen LogP contribution >= 0.6 is 11.6 Å². The van der Waals surface area contributed by atoms with Gasteiger partial charge in [-0.05, 0) is 68.1 Å². The summed E-state index contributed by atoms with van der Waals surface area (Å²) in [6.45, 7) is 2.57. The molecule has 2 aromatic rings. The number of benzene rings is 2.